The smallest absolute Gasteiger partial charge is 0.333 e. The van der Waals surface area contributed by atoms with Gasteiger partial charge in [0.2, 0.25) is 0 Å². The molecule has 0 heterocycles. The zero-order valence-corrected chi connectivity index (χ0v) is 11.1. The summed E-state index contributed by atoms with van der Waals surface area (Å²) in [6.45, 7) is 10.3. The highest BCUT2D eigenvalue weighted by Gasteiger charge is 2.14. The number of carbonyl (C=O) groups is 1. The molecule has 0 aromatic rings. The van der Waals surface area contributed by atoms with Gasteiger partial charge in [-0.3, -0.25) is 0 Å². The van der Waals surface area contributed by atoms with Crippen molar-refractivity contribution < 1.29 is 19.0 Å². The van der Waals surface area contributed by atoms with Crippen LogP contribution in [0.5, 0.6) is 0 Å². The van der Waals surface area contributed by atoms with Crippen LogP contribution in [0, 0.1) is 0 Å². The van der Waals surface area contributed by atoms with Crippen LogP contribution in [-0.2, 0) is 19.0 Å². The van der Waals surface area contributed by atoms with Crippen molar-refractivity contribution >= 4 is 5.97 Å². The minimum atomic E-state index is -0.419. The molecular weight excluding hydrogens is 220 g/mol. The Hall–Kier alpha value is -1.13. The Morgan fingerprint density at radius 2 is 1.94 bits per heavy atom. The lowest BCUT2D eigenvalue weighted by atomic mass is 10.3. The second-order valence-electron chi connectivity index (χ2n) is 4.08. The summed E-state index contributed by atoms with van der Waals surface area (Å²) in [5.41, 5.74) is 1.56. The SMILES string of the molecule is C=C(C)C(=O)OC(COC)COCC=C(C)C. The zero-order chi connectivity index (χ0) is 13.3. The third kappa shape index (κ3) is 8.65. The van der Waals surface area contributed by atoms with Gasteiger partial charge in [-0.25, -0.2) is 4.79 Å². The van der Waals surface area contributed by atoms with E-state index in [1.807, 2.05) is 19.9 Å². The molecule has 1 atom stereocenters. The van der Waals surface area contributed by atoms with Gasteiger partial charge in [-0.05, 0) is 20.8 Å². The van der Waals surface area contributed by atoms with E-state index >= 15 is 0 Å². The van der Waals surface area contributed by atoms with E-state index in [0.29, 0.717) is 25.4 Å². The third-order valence-corrected chi connectivity index (χ3v) is 1.89. The van der Waals surface area contributed by atoms with Crippen LogP contribution in [0.25, 0.3) is 0 Å². The fourth-order valence-electron chi connectivity index (χ4n) is 0.979. The van der Waals surface area contributed by atoms with Crippen molar-refractivity contribution in [2.24, 2.45) is 0 Å². The van der Waals surface area contributed by atoms with Gasteiger partial charge in [0, 0.05) is 12.7 Å². The summed E-state index contributed by atoms with van der Waals surface area (Å²) in [7, 11) is 1.55. The predicted molar refractivity (Wildman–Crippen MR) is 66.8 cm³/mol. The first-order valence-electron chi connectivity index (χ1n) is 5.54. The lowest BCUT2D eigenvalue weighted by Crippen LogP contribution is -2.28. The molecule has 0 saturated heterocycles. The average molecular weight is 242 g/mol. The zero-order valence-electron chi connectivity index (χ0n) is 11.1. The van der Waals surface area contributed by atoms with Gasteiger partial charge in [-0.2, -0.15) is 0 Å². The van der Waals surface area contributed by atoms with Gasteiger partial charge >= 0.3 is 5.97 Å². The van der Waals surface area contributed by atoms with E-state index < -0.39 is 12.1 Å². The molecule has 4 nitrogen and oxygen atoms in total. The van der Waals surface area contributed by atoms with Crippen molar-refractivity contribution in [3.05, 3.63) is 23.8 Å². The maximum atomic E-state index is 11.3. The highest BCUT2D eigenvalue weighted by Crippen LogP contribution is 2.01. The van der Waals surface area contributed by atoms with Crippen LogP contribution < -0.4 is 0 Å². The standard InChI is InChI=1S/C13H22O4/c1-10(2)6-7-16-9-12(8-15-5)17-13(14)11(3)4/h6,12H,3,7-9H2,1-2,4-5H3. The quantitative estimate of drug-likeness (QED) is 0.283. The average Bonchev–Trinajstić information content (AvgIpc) is 2.23. The predicted octanol–water partition coefficient (Wildman–Crippen LogP) is 2.10. The van der Waals surface area contributed by atoms with E-state index in [0.717, 1.165) is 0 Å². The number of hydrogen-bond acceptors (Lipinski definition) is 4. The maximum Gasteiger partial charge on any atom is 0.333 e. The highest BCUT2D eigenvalue weighted by molar-refractivity contribution is 5.87. The van der Waals surface area contributed by atoms with Gasteiger partial charge in [-0.1, -0.05) is 18.2 Å². The number of allylic oxidation sites excluding steroid dienone is 1. The molecule has 17 heavy (non-hydrogen) atoms. The molecule has 0 aliphatic rings. The number of methoxy groups -OCH3 is 1. The Labute approximate surface area is 103 Å². The monoisotopic (exact) mass is 242 g/mol. The molecule has 4 heteroatoms. The van der Waals surface area contributed by atoms with E-state index in [-0.39, 0.29) is 0 Å². The van der Waals surface area contributed by atoms with E-state index in [1.54, 1.807) is 14.0 Å². The Balaban J connectivity index is 4.02. The van der Waals surface area contributed by atoms with Crippen LogP contribution in [0.2, 0.25) is 0 Å². The molecule has 98 valence electrons. The summed E-state index contributed by atoms with van der Waals surface area (Å²) in [5, 5.41) is 0. The lowest BCUT2D eigenvalue weighted by Gasteiger charge is -2.16. The Bertz CT molecular complexity index is 277. The Kier molecular flexibility index (Phi) is 8.36. The molecule has 0 saturated carbocycles. The van der Waals surface area contributed by atoms with Crippen LogP contribution in [0.1, 0.15) is 20.8 Å². The topological polar surface area (TPSA) is 44.8 Å². The third-order valence-electron chi connectivity index (χ3n) is 1.89. The van der Waals surface area contributed by atoms with Crippen molar-refractivity contribution in [2.75, 3.05) is 26.9 Å². The van der Waals surface area contributed by atoms with E-state index in [2.05, 4.69) is 6.58 Å². The van der Waals surface area contributed by atoms with Crippen LogP contribution in [0.15, 0.2) is 23.8 Å². The number of esters is 1. The molecule has 0 N–H and O–H groups in total. The molecule has 0 rings (SSSR count). The molecule has 0 radical (unpaired) electrons. The van der Waals surface area contributed by atoms with Crippen LogP contribution in [0.4, 0.5) is 0 Å². The summed E-state index contributed by atoms with van der Waals surface area (Å²) >= 11 is 0. The molecule has 0 aliphatic carbocycles. The summed E-state index contributed by atoms with van der Waals surface area (Å²) < 4.78 is 15.5. The number of hydrogen-bond donors (Lipinski definition) is 0. The van der Waals surface area contributed by atoms with Gasteiger partial charge in [0.25, 0.3) is 0 Å². The summed E-state index contributed by atoms with van der Waals surface area (Å²) in [5.74, 6) is -0.419. The largest absolute Gasteiger partial charge is 0.454 e. The fourth-order valence-corrected chi connectivity index (χ4v) is 0.979. The summed E-state index contributed by atoms with van der Waals surface area (Å²) in [6.07, 6.45) is 1.57. The molecule has 0 bridgehead atoms. The maximum absolute atomic E-state index is 11.3. The minimum Gasteiger partial charge on any atom is -0.454 e. The Morgan fingerprint density at radius 3 is 2.41 bits per heavy atom. The van der Waals surface area contributed by atoms with Crippen molar-refractivity contribution in [1.29, 1.82) is 0 Å². The van der Waals surface area contributed by atoms with Gasteiger partial charge in [0.1, 0.15) is 6.10 Å². The first-order valence-corrected chi connectivity index (χ1v) is 5.54. The van der Waals surface area contributed by atoms with Crippen molar-refractivity contribution in [3.8, 4) is 0 Å². The van der Waals surface area contributed by atoms with Crippen LogP contribution >= 0.6 is 0 Å². The molecule has 0 aliphatic heterocycles. The number of ether oxygens (including phenoxy) is 3. The molecule has 0 spiro atoms. The first-order chi connectivity index (χ1) is 7.97. The lowest BCUT2D eigenvalue weighted by molar-refractivity contribution is -0.150. The second kappa shape index (κ2) is 8.96. The molecule has 0 amide bonds. The number of rotatable bonds is 8. The van der Waals surface area contributed by atoms with Crippen LogP contribution in [-0.4, -0.2) is 39.0 Å². The Morgan fingerprint density at radius 1 is 1.29 bits per heavy atom. The van der Waals surface area contributed by atoms with Crippen molar-refractivity contribution in [1.82, 2.24) is 0 Å². The summed E-state index contributed by atoms with van der Waals surface area (Å²) in [4.78, 5) is 11.3. The van der Waals surface area contributed by atoms with Crippen molar-refractivity contribution in [3.63, 3.8) is 0 Å². The molecule has 0 aromatic carbocycles. The minimum absolute atomic E-state index is 0.313. The highest BCUT2D eigenvalue weighted by atomic mass is 16.6. The van der Waals surface area contributed by atoms with Gasteiger partial charge in [0.05, 0.1) is 19.8 Å². The van der Waals surface area contributed by atoms with Crippen LogP contribution in [0.3, 0.4) is 0 Å². The first kappa shape index (κ1) is 15.9. The van der Waals surface area contributed by atoms with Crippen molar-refractivity contribution in [2.45, 2.75) is 26.9 Å². The van der Waals surface area contributed by atoms with Gasteiger partial charge in [-0.15, -0.1) is 0 Å². The molecule has 1 unspecified atom stereocenters. The summed E-state index contributed by atoms with van der Waals surface area (Å²) in [6, 6.07) is 0. The van der Waals surface area contributed by atoms with Gasteiger partial charge < -0.3 is 14.2 Å². The second-order valence-corrected chi connectivity index (χ2v) is 4.08. The fraction of sp³-hybridized carbons (Fsp3) is 0.615. The number of carbonyl (C=O) groups excluding carboxylic acids is 1. The van der Waals surface area contributed by atoms with E-state index in [4.69, 9.17) is 14.2 Å². The van der Waals surface area contributed by atoms with Gasteiger partial charge in [0.15, 0.2) is 0 Å². The molecular formula is C13H22O4. The van der Waals surface area contributed by atoms with E-state index in [9.17, 15) is 4.79 Å². The molecule has 0 fully saturated rings. The van der Waals surface area contributed by atoms with E-state index in [1.165, 1.54) is 5.57 Å². The molecule has 0 aromatic heterocycles. The normalized spacial score (nSPS) is 11.8.